The van der Waals surface area contributed by atoms with E-state index in [9.17, 15) is 4.79 Å². The number of halogens is 1. The number of rotatable bonds is 3. The van der Waals surface area contributed by atoms with Crippen LogP contribution in [0.15, 0.2) is 0 Å². The molecule has 0 N–H and O–H groups in total. The number of carbonyl (C=O) groups excluding carboxylic acids is 1. The molecule has 0 aliphatic carbocycles. The fraction of sp³-hybridized carbons (Fsp3) is 0.875. The summed E-state index contributed by atoms with van der Waals surface area (Å²) >= 11 is 1.86. The van der Waals surface area contributed by atoms with Crippen LogP contribution >= 0.6 is 22.9 Å². The molecule has 0 saturated heterocycles. The van der Waals surface area contributed by atoms with Gasteiger partial charge in [0, 0.05) is 6.61 Å². The first kappa shape index (κ1) is 13.0. The Balaban J connectivity index is 3.83. The first-order valence-corrected chi connectivity index (χ1v) is 5.07. The van der Waals surface area contributed by atoms with Gasteiger partial charge in [-0.05, 0) is 27.7 Å². The standard InChI is InChI=1S/C8H16INO3/c1-5-12-6-10(9)7(11)13-8(2,3)4/h5-6H2,1-4H3. The number of hydrogen-bond acceptors (Lipinski definition) is 3. The molecule has 0 radical (unpaired) electrons. The lowest BCUT2D eigenvalue weighted by atomic mass is 10.2. The average molecular weight is 301 g/mol. The van der Waals surface area contributed by atoms with Gasteiger partial charge in [0.15, 0.2) is 0 Å². The molecule has 0 spiro atoms. The topological polar surface area (TPSA) is 38.8 Å². The van der Waals surface area contributed by atoms with Crippen molar-refractivity contribution >= 4 is 29.0 Å². The van der Waals surface area contributed by atoms with Crippen molar-refractivity contribution < 1.29 is 14.3 Å². The van der Waals surface area contributed by atoms with Crippen molar-refractivity contribution in [2.75, 3.05) is 13.3 Å². The van der Waals surface area contributed by atoms with E-state index < -0.39 is 5.60 Å². The molecule has 0 rings (SSSR count). The molecule has 0 aliphatic heterocycles. The number of ether oxygens (including phenoxy) is 2. The first-order chi connectivity index (χ1) is 5.87. The van der Waals surface area contributed by atoms with Crippen molar-refractivity contribution in [3.05, 3.63) is 0 Å². The predicted octanol–water partition coefficient (Wildman–Crippen LogP) is 2.57. The van der Waals surface area contributed by atoms with E-state index in [4.69, 9.17) is 9.47 Å². The molecule has 4 nitrogen and oxygen atoms in total. The second-order valence-electron chi connectivity index (χ2n) is 3.46. The van der Waals surface area contributed by atoms with Crippen molar-refractivity contribution in [3.8, 4) is 0 Å². The molecular formula is C8H16INO3. The Labute approximate surface area is 93.1 Å². The molecule has 0 aliphatic rings. The van der Waals surface area contributed by atoms with Crippen molar-refractivity contribution in [1.29, 1.82) is 0 Å². The molecule has 0 aromatic carbocycles. The van der Waals surface area contributed by atoms with E-state index >= 15 is 0 Å². The molecule has 0 unspecified atom stereocenters. The molecule has 0 heterocycles. The van der Waals surface area contributed by atoms with Gasteiger partial charge in [0.25, 0.3) is 0 Å². The summed E-state index contributed by atoms with van der Waals surface area (Å²) in [5.41, 5.74) is -0.452. The van der Waals surface area contributed by atoms with E-state index in [1.807, 2.05) is 50.6 Å². The van der Waals surface area contributed by atoms with Crippen LogP contribution in [0, 0.1) is 0 Å². The fourth-order valence-corrected chi connectivity index (χ4v) is 0.831. The summed E-state index contributed by atoms with van der Waals surface area (Å²) in [4.78, 5) is 11.3. The van der Waals surface area contributed by atoms with Crippen molar-refractivity contribution in [2.24, 2.45) is 0 Å². The summed E-state index contributed by atoms with van der Waals surface area (Å²) in [5, 5.41) is 0. The summed E-state index contributed by atoms with van der Waals surface area (Å²) in [6.07, 6.45) is -0.374. The van der Waals surface area contributed by atoms with Gasteiger partial charge >= 0.3 is 6.09 Å². The number of amides is 1. The second kappa shape index (κ2) is 5.64. The van der Waals surface area contributed by atoms with E-state index in [0.717, 1.165) is 0 Å². The van der Waals surface area contributed by atoms with Crippen LogP contribution in [0.3, 0.4) is 0 Å². The van der Waals surface area contributed by atoms with Gasteiger partial charge in [-0.3, -0.25) is 0 Å². The third-order valence-corrected chi connectivity index (χ3v) is 1.67. The van der Waals surface area contributed by atoms with Crippen molar-refractivity contribution in [2.45, 2.75) is 33.3 Å². The Bertz CT molecular complexity index is 167. The molecule has 0 bridgehead atoms. The van der Waals surface area contributed by atoms with E-state index in [1.54, 1.807) is 0 Å². The maximum absolute atomic E-state index is 11.3. The Morgan fingerprint density at radius 1 is 1.46 bits per heavy atom. The number of carbonyl (C=O) groups is 1. The summed E-state index contributed by atoms with van der Waals surface area (Å²) in [5.74, 6) is 0. The van der Waals surface area contributed by atoms with Gasteiger partial charge in [-0.1, -0.05) is 0 Å². The number of nitrogens with zero attached hydrogens (tertiary/aromatic N) is 1. The summed E-state index contributed by atoms with van der Waals surface area (Å²) in [6.45, 7) is 8.20. The smallest absolute Gasteiger partial charge is 0.421 e. The molecule has 0 atom stereocenters. The third-order valence-electron chi connectivity index (χ3n) is 1.00. The number of hydrogen-bond donors (Lipinski definition) is 0. The fourth-order valence-electron chi connectivity index (χ4n) is 0.536. The van der Waals surface area contributed by atoms with Gasteiger partial charge in [0.05, 0.1) is 22.9 Å². The maximum atomic E-state index is 11.3. The van der Waals surface area contributed by atoms with Crippen LogP contribution in [0.4, 0.5) is 4.79 Å². The van der Waals surface area contributed by atoms with Crippen LogP contribution in [0.5, 0.6) is 0 Å². The van der Waals surface area contributed by atoms with Crippen LogP contribution in [0.1, 0.15) is 27.7 Å². The van der Waals surface area contributed by atoms with Gasteiger partial charge in [0.2, 0.25) is 0 Å². The first-order valence-electron chi connectivity index (χ1n) is 4.11. The van der Waals surface area contributed by atoms with Gasteiger partial charge in [0.1, 0.15) is 12.3 Å². The normalized spacial score (nSPS) is 11.2. The zero-order chi connectivity index (χ0) is 10.5. The van der Waals surface area contributed by atoms with Gasteiger partial charge in [-0.2, -0.15) is 0 Å². The summed E-state index contributed by atoms with van der Waals surface area (Å²) in [7, 11) is 0. The molecule has 13 heavy (non-hydrogen) atoms. The lowest BCUT2D eigenvalue weighted by molar-refractivity contribution is 0.0219. The molecule has 0 saturated carbocycles. The molecule has 1 amide bonds. The van der Waals surface area contributed by atoms with E-state index in [1.165, 1.54) is 3.11 Å². The SMILES string of the molecule is CCOCN(I)C(=O)OC(C)(C)C. The minimum absolute atomic E-state index is 0.256. The zero-order valence-corrected chi connectivity index (χ0v) is 10.6. The highest BCUT2D eigenvalue weighted by molar-refractivity contribution is 14.1. The quantitative estimate of drug-likeness (QED) is 0.457. The minimum atomic E-state index is -0.452. The molecule has 0 fully saturated rings. The molecule has 5 heteroatoms. The average Bonchev–Trinajstić information content (AvgIpc) is 1.96. The molecular weight excluding hydrogens is 285 g/mol. The molecule has 0 aromatic heterocycles. The Morgan fingerprint density at radius 3 is 2.38 bits per heavy atom. The summed E-state index contributed by atoms with van der Waals surface area (Å²) < 4.78 is 11.5. The summed E-state index contributed by atoms with van der Waals surface area (Å²) in [6, 6.07) is 0. The van der Waals surface area contributed by atoms with Crippen LogP contribution in [-0.4, -0.2) is 28.1 Å². The highest BCUT2D eigenvalue weighted by atomic mass is 127. The Hall–Kier alpha value is -0.0400. The van der Waals surface area contributed by atoms with Gasteiger partial charge in [-0.25, -0.2) is 7.91 Å². The largest absolute Gasteiger partial charge is 0.443 e. The highest BCUT2D eigenvalue weighted by Gasteiger charge is 2.20. The lowest BCUT2D eigenvalue weighted by Crippen LogP contribution is -2.32. The van der Waals surface area contributed by atoms with E-state index in [2.05, 4.69) is 0 Å². The maximum Gasteiger partial charge on any atom is 0.421 e. The lowest BCUT2D eigenvalue weighted by Gasteiger charge is -2.22. The molecule has 78 valence electrons. The van der Waals surface area contributed by atoms with Crippen LogP contribution < -0.4 is 0 Å². The minimum Gasteiger partial charge on any atom is -0.443 e. The van der Waals surface area contributed by atoms with Crippen molar-refractivity contribution in [3.63, 3.8) is 0 Å². The highest BCUT2D eigenvalue weighted by Crippen LogP contribution is 2.12. The molecule has 0 aromatic rings. The zero-order valence-electron chi connectivity index (χ0n) is 8.46. The predicted molar refractivity (Wildman–Crippen MR) is 58.6 cm³/mol. The van der Waals surface area contributed by atoms with Crippen molar-refractivity contribution in [1.82, 2.24) is 3.11 Å². The van der Waals surface area contributed by atoms with Crippen LogP contribution in [0.2, 0.25) is 0 Å². The van der Waals surface area contributed by atoms with E-state index in [0.29, 0.717) is 6.61 Å². The van der Waals surface area contributed by atoms with Gasteiger partial charge in [-0.15, -0.1) is 0 Å². The van der Waals surface area contributed by atoms with Crippen LogP contribution in [0.25, 0.3) is 0 Å². The third kappa shape index (κ3) is 7.06. The van der Waals surface area contributed by atoms with Crippen LogP contribution in [-0.2, 0) is 9.47 Å². The Morgan fingerprint density at radius 2 is 2.00 bits per heavy atom. The van der Waals surface area contributed by atoms with Gasteiger partial charge < -0.3 is 9.47 Å². The Kier molecular flexibility index (Phi) is 5.62. The van der Waals surface area contributed by atoms with E-state index in [-0.39, 0.29) is 12.8 Å². The second-order valence-corrected chi connectivity index (χ2v) is 4.63. The monoisotopic (exact) mass is 301 g/mol.